The van der Waals surface area contributed by atoms with E-state index in [0.29, 0.717) is 24.8 Å². The first kappa shape index (κ1) is 19.4. The molecule has 0 aromatic heterocycles. The highest BCUT2D eigenvalue weighted by Gasteiger charge is 2.13. The van der Waals surface area contributed by atoms with Gasteiger partial charge in [-0.2, -0.15) is 0 Å². The van der Waals surface area contributed by atoms with E-state index in [1.807, 2.05) is 32.0 Å². The molecule has 2 rings (SSSR count). The zero-order valence-electron chi connectivity index (χ0n) is 15.4. The predicted molar refractivity (Wildman–Crippen MR) is 98.7 cm³/mol. The van der Waals surface area contributed by atoms with E-state index in [1.54, 1.807) is 0 Å². The number of amides is 2. The zero-order valence-corrected chi connectivity index (χ0v) is 15.4. The van der Waals surface area contributed by atoms with Gasteiger partial charge in [0.2, 0.25) is 5.91 Å². The van der Waals surface area contributed by atoms with Gasteiger partial charge in [0.25, 0.3) is 5.91 Å². The topological polar surface area (TPSA) is 67.4 Å². The molecule has 1 aliphatic rings. The van der Waals surface area contributed by atoms with Crippen LogP contribution in [-0.2, 0) is 9.53 Å². The lowest BCUT2D eigenvalue weighted by atomic mass is 9.98. The van der Waals surface area contributed by atoms with E-state index in [2.05, 4.69) is 10.6 Å². The van der Waals surface area contributed by atoms with Crippen LogP contribution in [0, 0.1) is 13.8 Å². The minimum absolute atomic E-state index is 0.00466. The van der Waals surface area contributed by atoms with Crippen molar-refractivity contribution in [3.63, 3.8) is 0 Å². The normalized spacial score (nSPS) is 15.0. The maximum Gasteiger partial charge on any atom is 0.251 e. The molecule has 0 heterocycles. The van der Waals surface area contributed by atoms with Crippen molar-refractivity contribution in [2.45, 2.75) is 58.5 Å². The van der Waals surface area contributed by atoms with Gasteiger partial charge in [-0.3, -0.25) is 9.59 Å². The molecule has 1 aliphatic carbocycles. The molecule has 2 amide bonds. The molecule has 138 valence electrons. The Hall–Kier alpha value is -1.88. The van der Waals surface area contributed by atoms with Crippen LogP contribution in [0.3, 0.4) is 0 Å². The number of carbonyl (C=O) groups excluding carboxylic acids is 2. The monoisotopic (exact) mass is 346 g/mol. The van der Waals surface area contributed by atoms with Crippen LogP contribution >= 0.6 is 0 Å². The lowest BCUT2D eigenvalue weighted by Gasteiger charge is -2.21. The summed E-state index contributed by atoms with van der Waals surface area (Å²) in [5.74, 6) is -0.391. The summed E-state index contributed by atoms with van der Waals surface area (Å²) in [6, 6.07) is 5.66. The molecule has 25 heavy (non-hydrogen) atoms. The summed E-state index contributed by atoms with van der Waals surface area (Å²) in [4.78, 5) is 23.9. The summed E-state index contributed by atoms with van der Waals surface area (Å²) in [6.07, 6.45) is 7.38. The fourth-order valence-electron chi connectivity index (χ4n) is 3.21. The second-order valence-electron chi connectivity index (χ2n) is 6.89. The Morgan fingerprint density at radius 1 is 1.04 bits per heavy atom. The second kappa shape index (κ2) is 10.2. The van der Waals surface area contributed by atoms with Crippen LogP contribution in [0.15, 0.2) is 18.2 Å². The number of rotatable bonds is 8. The Labute approximate surface area is 150 Å². The average molecular weight is 346 g/mol. The van der Waals surface area contributed by atoms with E-state index < -0.39 is 0 Å². The van der Waals surface area contributed by atoms with Crippen molar-refractivity contribution >= 4 is 11.8 Å². The fraction of sp³-hybridized carbons (Fsp3) is 0.600. The lowest BCUT2D eigenvalue weighted by Crippen LogP contribution is -2.37. The van der Waals surface area contributed by atoms with Gasteiger partial charge >= 0.3 is 0 Å². The molecule has 1 aromatic rings. The number of hydrogen-bond donors (Lipinski definition) is 2. The number of benzene rings is 1. The number of aryl methyl sites for hydroxylation is 2. The second-order valence-corrected chi connectivity index (χ2v) is 6.89. The molecule has 0 aliphatic heterocycles. The molecule has 0 spiro atoms. The van der Waals surface area contributed by atoms with Gasteiger partial charge in [-0.05, 0) is 45.2 Å². The molecule has 0 saturated heterocycles. The Balaban J connectivity index is 1.58. The number of carbonyl (C=O) groups is 2. The molecule has 1 saturated carbocycles. The highest BCUT2D eigenvalue weighted by Crippen LogP contribution is 2.20. The molecule has 0 atom stereocenters. The van der Waals surface area contributed by atoms with Crippen molar-refractivity contribution in [1.29, 1.82) is 0 Å². The van der Waals surface area contributed by atoms with E-state index in [-0.39, 0.29) is 18.4 Å². The maximum absolute atomic E-state index is 12.1. The zero-order chi connectivity index (χ0) is 18.1. The van der Waals surface area contributed by atoms with E-state index in [0.717, 1.165) is 30.4 Å². The summed E-state index contributed by atoms with van der Waals surface area (Å²) < 4.78 is 5.82. The third-order valence-electron chi connectivity index (χ3n) is 4.44. The molecule has 0 radical (unpaired) electrons. The van der Waals surface area contributed by atoms with Crippen LogP contribution in [0.1, 0.15) is 60.0 Å². The molecular weight excluding hydrogens is 316 g/mol. The van der Waals surface area contributed by atoms with Crippen LogP contribution in [0.25, 0.3) is 0 Å². The summed E-state index contributed by atoms with van der Waals surface area (Å²) in [5.41, 5.74) is 2.66. The third-order valence-corrected chi connectivity index (χ3v) is 4.44. The van der Waals surface area contributed by atoms with Gasteiger partial charge < -0.3 is 15.4 Å². The van der Waals surface area contributed by atoms with Gasteiger partial charge in [-0.15, -0.1) is 0 Å². The smallest absolute Gasteiger partial charge is 0.251 e. The SMILES string of the molecule is Cc1cc(C)cc(C(=O)NCC(=O)NCCCOC2CCCCC2)c1. The number of nitrogens with one attached hydrogen (secondary N) is 2. The molecule has 2 N–H and O–H groups in total. The number of ether oxygens (including phenoxy) is 1. The third kappa shape index (κ3) is 7.26. The number of hydrogen-bond acceptors (Lipinski definition) is 3. The van der Waals surface area contributed by atoms with Crippen LogP contribution in [-0.4, -0.2) is 37.6 Å². The Morgan fingerprint density at radius 2 is 1.72 bits per heavy atom. The first-order chi connectivity index (χ1) is 12.0. The molecule has 1 aromatic carbocycles. The van der Waals surface area contributed by atoms with Crippen molar-refractivity contribution in [2.24, 2.45) is 0 Å². The van der Waals surface area contributed by atoms with Crippen molar-refractivity contribution in [1.82, 2.24) is 10.6 Å². The van der Waals surface area contributed by atoms with Crippen LogP contribution < -0.4 is 10.6 Å². The van der Waals surface area contributed by atoms with Crippen LogP contribution in [0.2, 0.25) is 0 Å². The van der Waals surface area contributed by atoms with Gasteiger partial charge in [0, 0.05) is 18.7 Å². The van der Waals surface area contributed by atoms with Gasteiger partial charge in [0.05, 0.1) is 12.6 Å². The lowest BCUT2D eigenvalue weighted by molar-refractivity contribution is -0.120. The van der Waals surface area contributed by atoms with Gasteiger partial charge in [0.1, 0.15) is 0 Å². The molecule has 5 nitrogen and oxygen atoms in total. The molecule has 0 bridgehead atoms. The molecule has 5 heteroatoms. The minimum Gasteiger partial charge on any atom is -0.378 e. The minimum atomic E-state index is -0.220. The summed E-state index contributed by atoms with van der Waals surface area (Å²) in [7, 11) is 0. The largest absolute Gasteiger partial charge is 0.378 e. The first-order valence-corrected chi connectivity index (χ1v) is 9.29. The molecule has 1 fully saturated rings. The van der Waals surface area contributed by atoms with Crippen molar-refractivity contribution in [3.05, 3.63) is 34.9 Å². The summed E-state index contributed by atoms with van der Waals surface area (Å²) >= 11 is 0. The van der Waals surface area contributed by atoms with Crippen molar-refractivity contribution in [3.8, 4) is 0 Å². The average Bonchev–Trinajstić information content (AvgIpc) is 2.59. The molecular formula is C20H30N2O3. The quantitative estimate of drug-likeness (QED) is 0.711. The van der Waals surface area contributed by atoms with Crippen molar-refractivity contribution in [2.75, 3.05) is 19.7 Å². The van der Waals surface area contributed by atoms with Crippen LogP contribution in [0.4, 0.5) is 0 Å². The van der Waals surface area contributed by atoms with E-state index in [4.69, 9.17) is 4.74 Å². The van der Waals surface area contributed by atoms with E-state index >= 15 is 0 Å². The first-order valence-electron chi connectivity index (χ1n) is 9.29. The standard InChI is InChI=1S/C20H30N2O3/c1-15-11-16(2)13-17(12-15)20(24)22-14-19(23)21-9-6-10-25-18-7-4-3-5-8-18/h11-13,18H,3-10,14H2,1-2H3,(H,21,23)(H,22,24). The highest BCUT2D eigenvalue weighted by atomic mass is 16.5. The summed E-state index contributed by atoms with van der Waals surface area (Å²) in [5, 5.41) is 5.48. The Bertz CT molecular complexity index is 560. The Kier molecular flexibility index (Phi) is 7.92. The fourth-order valence-corrected chi connectivity index (χ4v) is 3.21. The molecule has 0 unspecified atom stereocenters. The Morgan fingerprint density at radius 3 is 2.40 bits per heavy atom. The van der Waals surface area contributed by atoms with Crippen molar-refractivity contribution < 1.29 is 14.3 Å². The van der Waals surface area contributed by atoms with E-state index in [9.17, 15) is 9.59 Å². The maximum atomic E-state index is 12.1. The van der Waals surface area contributed by atoms with Crippen LogP contribution in [0.5, 0.6) is 0 Å². The van der Waals surface area contributed by atoms with Gasteiger partial charge in [-0.1, -0.05) is 36.5 Å². The summed E-state index contributed by atoms with van der Waals surface area (Å²) in [6.45, 7) is 5.15. The van der Waals surface area contributed by atoms with E-state index in [1.165, 1.54) is 19.3 Å². The predicted octanol–water partition coefficient (Wildman–Crippen LogP) is 2.89. The van der Waals surface area contributed by atoms with Gasteiger partial charge in [0.15, 0.2) is 0 Å². The van der Waals surface area contributed by atoms with Gasteiger partial charge in [-0.25, -0.2) is 0 Å². The highest BCUT2D eigenvalue weighted by molar-refractivity contribution is 5.96.